The summed E-state index contributed by atoms with van der Waals surface area (Å²) in [4.78, 5) is 4.88. The van der Waals surface area contributed by atoms with Gasteiger partial charge in [0.1, 0.15) is 5.82 Å². The van der Waals surface area contributed by atoms with Crippen LogP contribution >= 0.6 is 0 Å². The van der Waals surface area contributed by atoms with Crippen LogP contribution in [0.2, 0.25) is 0 Å². The van der Waals surface area contributed by atoms with Crippen LogP contribution in [-0.4, -0.2) is 16.1 Å². The average Bonchev–Trinajstić information content (AvgIpc) is 2.82. The molecule has 116 valence electrons. The van der Waals surface area contributed by atoms with Gasteiger partial charge in [0.05, 0.1) is 11.0 Å². The molecule has 1 heterocycles. The minimum atomic E-state index is 0.548. The minimum Gasteiger partial charge on any atom is -0.330 e. The summed E-state index contributed by atoms with van der Waals surface area (Å²) in [6.45, 7) is 8.51. The topological polar surface area (TPSA) is 43.8 Å². The maximum atomic E-state index is 5.67. The molecule has 0 unspecified atom stereocenters. The number of aryl methyl sites for hydroxylation is 2. The van der Waals surface area contributed by atoms with Gasteiger partial charge in [0, 0.05) is 13.0 Å². The number of benzene rings is 1. The van der Waals surface area contributed by atoms with Gasteiger partial charge in [-0.1, -0.05) is 39.7 Å². The highest BCUT2D eigenvalue weighted by Crippen LogP contribution is 2.23. The number of nitrogens with two attached hydrogens (primary N) is 1. The van der Waals surface area contributed by atoms with E-state index in [0.717, 1.165) is 31.4 Å². The van der Waals surface area contributed by atoms with Crippen LogP contribution in [0.3, 0.4) is 0 Å². The predicted octanol–water partition coefficient (Wildman–Crippen LogP) is 4.24. The summed E-state index contributed by atoms with van der Waals surface area (Å²) >= 11 is 0. The van der Waals surface area contributed by atoms with Crippen LogP contribution in [-0.2, 0) is 13.0 Å². The van der Waals surface area contributed by atoms with E-state index >= 15 is 0 Å². The molecule has 2 rings (SSSR count). The molecule has 0 atom stereocenters. The third-order valence-electron chi connectivity index (χ3n) is 4.11. The maximum Gasteiger partial charge on any atom is 0.109 e. The third kappa shape index (κ3) is 3.85. The number of aromatic nitrogens is 2. The van der Waals surface area contributed by atoms with E-state index in [-0.39, 0.29) is 0 Å². The van der Waals surface area contributed by atoms with Crippen molar-refractivity contribution >= 4 is 11.0 Å². The lowest BCUT2D eigenvalue weighted by Crippen LogP contribution is -2.07. The predicted molar refractivity (Wildman–Crippen MR) is 90.7 cm³/mol. The number of hydrogen-bond acceptors (Lipinski definition) is 2. The molecule has 3 heteroatoms. The Labute approximate surface area is 128 Å². The first-order chi connectivity index (χ1) is 10.2. The molecule has 0 bridgehead atoms. The van der Waals surface area contributed by atoms with Gasteiger partial charge in [0.2, 0.25) is 0 Å². The first kappa shape index (κ1) is 16.0. The van der Waals surface area contributed by atoms with E-state index in [4.69, 9.17) is 10.7 Å². The Morgan fingerprint density at radius 1 is 1.19 bits per heavy atom. The van der Waals surface area contributed by atoms with E-state index in [1.165, 1.54) is 36.2 Å². The van der Waals surface area contributed by atoms with Crippen molar-refractivity contribution in [1.82, 2.24) is 9.55 Å². The Morgan fingerprint density at radius 3 is 2.67 bits per heavy atom. The fraction of sp³-hybridized carbons (Fsp3) is 0.611. The van der Waals surface area contributed by atoms with E-state index in [1.807, 2.05) is 0 Å². The summed E-state index contributed by atoms with van der Waals surface area (Å²) in [5, 5.41) is 0. The van der Waals surface area contributed by atoms with E-state index in [1.54, 1.807) is 0 Å². The molecular formula is C18H29N3. The number of nitrogens with zero attached hydrogens (tertiary/aromatic N) is 2. The van der Waals surface area contributed by atoms with Gasteiger partial charge in [-0.15, -0.1) is 0 Å². The summed E-state index contributed by atoms with van der Waals surface area (Å²) in [5.74, 6) is 1.75. The molecule has 0 aliphatic rings. The van der Waals surface area contributed by atoms with Crippen LogP contribution in [0, 0.1) is 0 Å². The maximum absolute atomic E-state index is 5.67. The molecule has 1 aromatic heterocycles. The van der Waals surface area contributed by atoms with Crippen LogP contribution in [0.5, 0.6) is 0 Å². The zero-order chi connectivity index (χ0) is 15.2. The van der Waals surface area contributed by atoms with Gasteiger partial charge in [0.15, 0.2) is 0 Å². The van der Waals surface area contributed by atoms with E-state index in [0.29, 0.717) is 5.92 Å². The normalized spacial score (nSPS) is 11.7. The fourth-order valence-electron chi connectivity index (χ4n) is 2.78. The smallest absolute Gasteiger partial charge is 0.109 e. The molecule has 0 fully saturated rings. The Balaban J connectivity index is 2.35. The van der Waals surface area contributed by atoms with E-state index in [2.05, 4.69) is 43.5 Å². The van der Waals surface area contributed by atoms with Crippen molar-refractivity contribution in [3.8, 4) is 0 Å². The van der Waals surface area contributed by atoms with Gasteiger partial charge < -0.3 is 10.3 Å². The van der Waals surface area contributed by atoms with Crippen LogP contribution in [0.1, 0.15) is 63.8 Å². The molecule has 0 saturated carbocycles. The Bertz CT molecular complexity index is 569. The molecule has 21 heavy (non-hydrogen) atoms. The number of unbranched alkanes of at least 4 members (excludes halogenated alkanes) is 2. The SMILES string of the molecule is CCCCCn1c(CCCN)nc2cc(C(C)C)ccc21. The molecule has 0 aliphatic carbocycles. The van der Waals surface area contributed by atoms with Crippen LogP contribution in [0.15, 0.2) is 18.2 Å². The molecule has 0 saturated heterocycles. The second-order valence-corrected chi connectivity index (χ2v) is 6.18. The highest BCUT2D eigenvalue weighted by molar-refractivity contribution is 5.77. The lowest BCUT2D eigenvalue weighted by Gasteiger charge is -2.09. The second-order valence-electron chi connectivity index (χ2n) is 6.18. The lowest BCUT2D eigenvalue weighted by molar-refractivity contribution is 0.585. The van der Waals surface area contributed by atoms with Crippen molar-refractivity contribution in [2.24, 2.45) is 5.73 Å². The molecule has 0 radical (unpaired) electrons. The van der Waals surface area contributed by atoms with Crippen molar-refractivity contribution in [1.29, 1.82) is 0 Å². The second kappa shape index (κ2) is 7.60. The molecule has 0 amide bonds. The van der Waals surface area contributed by atoms with Gasteiger partial charge in [-0.05, 0) is 43.0 Å². The average molecular weight is 287 g/mol. The first-order valence-corrected chi connectivity index (χ1v) is 8.36. The van der Waals surface area contributed by atoms with E-state index < -0.39 is 0 Å². The van der Waals surface area contributed by atoms with Crippen molar-refractivity contribution in [2.75, 3.05) is 6.54 Å². The van der Waals surface area contributed by atoms with Gasteiger partial charge in [-0.25, -0.2) is 4.98 Å². The molecule has 1 aromatic carbocycles. The standard InChI is InChI=1S/C18H29N3/c1-4-5-6-12-21-17-10-9-15(14(2)3)13-16(17)20-18(21)8-7-11-19/h9-10,13-14H,4-8,11-12,19H2,1-3H3. The number of fused-ring (bicyclic) bond motifs is 1. The quantitative estimate of drug-likeness (QED) is 0.738. The summed E-state index contributed by atoms with van der Waals surface area (Å²) in [6, 6.07) is 6.75. The van der Waals surface area contributed by atoms with Crippen molar-refractivity contribution in [2.45, 2.75) is 65.3 Å². The van der Waals surface area contributed by atoms with Crippen LogP contribution < -0.4 is 5.73 Å². The molecule has 2 aromatic rings. The molecule has 0 aliphatic heterocycles. The van der Waals surface area contributed by atoms with Gasteiger partial charge in [0.25, 0.3) is 0 Å². The summed E-state index contributed by atoms with van der Waals surface area (Å²) < 4.78 is 2.41. The summed E-state index contributed by atoms with van der Waals surface area (Å²) in [5.41, 5.74) is 9.46. The highest BCUT2D eigenvalue weighted by atomic mass is 15.1. The number of hydrogen-bond donors (Lipinski definition) is 1. The molecule has 2 N–H and O–H groups in total. The van der Waals surface area contributed by atoms with Crippen molar-refractivity contribution in [3.63, 3.8) is 0 Å². The van der Waals surface area contributed by atoms with Gasteiger partial charge >= 0.3 is 0 Å². The minimum absolute atomic E-state index is 0.548. The molecular weight excluding hydrogens is 258 g/mol. The summed E-state index contributed by atoms with van der Waals surface area (Å²) in [6.07, 6.45) is 5.74. The van der Waals surface area contributed by atoms with Gasteiger partial charge in [-0.3, -0.25) is 0 Å². The third-order valence-corrected chi connectivity index (χ3v) is 4.11. The zero-order valence-electron chi connectivity index (χ0n) is 13.7. The summed E-state index contributed by atoms with van der Waals surface area (Å²) in [7, 11) is 0. The van der Waals surface area contributed by atoms with E-state index in [9.17, 15) is 0 Å². The monoisotopic (exact) mass is 287 g/mol. The van der Waals surface area contributed by atoms with Gasteiger partial charge in [-0.2, -0.15) is 0 Å². The largest absolute Gasteiger partial charge is 0.330 e. The Morgan fingerprint density at radius 2 is 2.00 bits per heavy atom. The lowest BCUT2D eigenvalue weighted by atomic mass is 10.0. The van der Waals surface area contributed by atoms with Crippen LogP contribution in [0.4, 0.5) is 0 Å². The number of imidazole rings is 1. The van der Waals surface area contributed by atoms with Crippen LogP contribution in [0.25, 0.3) is 11.0 Å². The highest BCUT2D eigenvalue weighted by Gasteiger charge is 2.11. The van der Waals surface area contributed by atoms with Crippen molar-refractivity contribution < 1.29 is 0 Å². The molecule has 0 spiro atoms. The number of rotatable bonds is 8. The fourth-order valence-corrected chi connectivity index (χ4v) is 2.78. The first-order valence-electron chi connectivity index (χ1n) is 8.36. The molecule has 3 nitrogen and oxygen atoms in total. The zero-order valence-corrected chi connectivity index (χ0v) is 13.7. The Kier molecular flexibility index (Phi) is 5.80. The Hall–Kier alpha value is -1.35. The van der Waals surface area contributed by atoms with Crippen molar-refractivity contribution in [3.05, 3.63) is 29.6 Å².